The average molecular weight is 282 g/mol. The third-order valence-corrected chi connectivity index (χ3v) is 3.15. The van der Waals surface area contributed by atoms with E-state index >= 15 is 0 Å². The smallest absolute Gasteiger partial charge is 0.253 e. The fourth-order valence-corrected chi connectivity index (χ4v) is 2.01. The molecule has 2 heterocycles. The molecule has 0 radical (unpaired) electrons. The lowest BCUT2D eigenvalue weighted by atomic mass is 10.1. The molecule has 1 amide bonds. The highest BCUT2D eigenvalue weighted by Gasteiger charge is 2.08. The number of fused-ring (bicyclic) bond motifs is 1. The molecule has 21 heavy (non-hydrogen) atoms. The molecule has 0 unspecified atom stereocenters. The van der Waals surface area contributed by atoms with Crippen molar-refractivity contribution in [1.29, 1.82) is 0 Å². The fraction of sp³-hybridized carbons (Fsp3) is 0.133. The lowest BCUT2D eigenvalue weighted by Crippen LogP contribution is -2.23. The molecular formula is C15H14N4O2. The molecule has 2 N–H and O–H groups in total. The number of rotatable bonds is 4. The van der Waals surface area contributed by atoms with Gasteiger partial charge in [0.2, 0.25) is 0 Å². The maximum absolute atomic E-state index is 12.1. The molecule has 0 bridgehead atoms. The second-order valence-corrected chi connectivity index (χ2v) is 4.55. The van der Waals surface area contributed by atoms with Crippen LogP contribution in [0.3, 0.4) is 0 Å². The van der Waals surface area contributed by atoms with Gasteiger partial charge in [0.05, 0.1) is 30.4 Å². The molecule has 0 spiro atoms. The summed E-state index contributed by atoms with van der Waals surface area (Å²) in [4.78, 5) is 16.4. The molecule has 3 rings (SSSR count). The van der Waals surface area contributed by atoms with Gasteiger partial charge in [0, 0.05) is 23.8 Å². The second kappa shape index (κ2) is 5.62. The highest BCUT2D eigenvalue weighted by molar-refractivity contribution is 5.97. The summed E-state index contributed by atoms with van der Waals surface area (Å²) in [7, 11) is 1.61. The van der Waals surface area contributed by atoms with Crippen LogP contribution in [0.5, 0.6) is 5.75 Å². The van der Waals surface area contributed by atoms with Crippen LogP contribution in [0.1, 0.15) is 16.1 Å². The van der Waals surface area contributed by atoms with E-state index in [-0.39, 0.29) is 5.91 Å². The Hall–Kier alpha value is -2.89. The Morgan fingerprint density at radius 2 is 2.24 bits per heavy atom. The molecule has 6 heteroatoms. The van der Waals surface area contributed by atoms with Gasteiger partial charge in [0.1, 0.15) is 5.75 Å². The molecule has 0 saturated heterocycles. The van der Waals surface area contributed by atoms with Crippen LogP contribution in [-0.4, -0.2) is 28.2 Å². The van der Waals surface area contributed by atoms with E-state index in [4.69, 9.17) is 4.74 Å². The Balaban J connectivity index is 1.78. The Kier molecular flexibility index (Phi) is 3.51. The van der Waals surface area contributed by atoms with Crippen molar-refractivity contribution in [1.82, 2.24) is 20.5 Å². The third-order valence-electron chi connectivity index (χ3n) is 3.15. The third kappa shape index (κ3) is 2.84. The van der Waals surface area contributed by atoms with Crippen LogP contribution in [0.25, 0.3) is 10.9 Å². The summed E-state index contributed by atoms with van der Waals surface area (Å²) in [6, 6.07) is 9.18. The van der Waals surface area contributed by atoms with Crippen molar-refractivity contribution in [2.24, 2.45) is 0 Å². The fourth-order valence-electron chi connectivity index (χ4n) is 2.01. The van der Waals surface area contributed by atoms with Crippen molar-refractivity contribution in [3.8, 4) is 5.75 Å². The summed E-state index contributed by atoms with van der Waals surface area (Å²) < 4.78 is 5.15. The first kappa shape index (κ1) is 13.1. The van der Waals surface area contributed by atoms with Crippen LogP contribution in [-0.2, 0) is 6.54 Å². The van der Waals surface area contributed by atoms with Crippen LogP contribution < -0.4 is 10.1 Å². The van der Waals surface area contributed by atoms with E-state index in [0.717, 1.165) is 22.3 Å². The number of H-pyrrole nitrogens is 1. The van der Waals surface area contributed by atoms with Crippen molar-refractivity contribution in [3.63, 3.8) is 0 Å². The Morgan fingerprint density at radius 3 is 3.00 bits per heavy atom. The number of aromatic amines is 1. The summed E-state index contributed by atoms with van der Waals surface area (Å²) in [5.41, 5.74) is 2.16. The van der Waals surface area contributed by atoms with Crippen molar-refractivity contribution in [2.45, 2.75) is 6.54 Å². The SMILES string of the molecule is COc1ccc2cc(C(=O)NCc3ccn[nH]3)cnc2c1. The second-order valence-electron chi connectivity index (χ2n) is 4.55. The first-order valence-electron chi connectivity index (χ1n) is 6.46. The van der Waals surface area contributed by atoms with Gasteiger partial charge in [-0.15, -0.1) is 0 Å². The molecule has 2 aromatic heterocycles. The number of carbonyl (C=O) groups is 1. The first-order chi connectivity index (χ1) is 10.3. The molecule has 0 aliphatic heterocycles. The van der Waals surface area contributed by atoms with Crippen LogP contribution in [0, 0.1) is 0 Å². The van der Waals surface area contributed by atoms with Gasteiger partial charge in [-0.05, 0) is 24.3 Å². The number of methoxy groups -OCH3 is 1. The van der Waals surface area contributed by atoms with Crippen molar-refractivity contribution in [3.05, 3.63) is 54.0 Å². The van der Waals surface area contributed by atoms with Crippen molar-refractivity contribution < 1.29 is 9.53 Å². The predicted molar refractivity (Wildman–Crippen MR) is 78.1 cm³/mol. The van der Waals surface area contributed by atoms with Gasteiger partial charge in [0.25, 0.3) is 5.91 Å². The maximum Gasteiger partial charge on any atom is 0.253 e. The molecule has 0 atom stereocenters. The Labute approximate surface area is 121 Å². The van der Waals surface area contributed by atoms with E-state index in [9.17, 15) is 4.79 Å². The van der Waals surface area contributed by atoms with Gasteiger partial charge < -0.3 is 10.1 Å². The summed E-state index contributed by atoms with van der Waals surface area (Å²) in [6.07, 6.45) is 3.20. The zero-order chi connectivity index (χ0) is 14.7. The summed E-state index contributed by atoms with van der Waals surface area (Å²) in [5, 5.41) is 10.3. The van der Waals surface area contributed by atoms with E-state index in [2.05, 4.69) is 20.5 Å². The molecule has 0 fully saturated rings. The summed E-state index contributed by atoms with van der Waals surface area (Å²) in [5.74, 6) is 0.571. The number of carbonyl (C=O) groups excluding carboxylic acids is 1. The van der Waals surface area contributed by atoms with E-state index < -0.39 is 0 Å². The Bertz CT molecular complexity index is 768. The quantitative estimate of drug-likeness (QED) is 0.766. The maximum atomic E-state index is 12.1. The number of amides is 1. The minimum Gasteiger partial charge on any atom is -0.497 e. The lowest BCUT2D eigenvalue weighted by molar-refractivity contribution is 0.0950. The molecule has 106 valence electrons. The summed E-state index contributed by atoms with van der Waals surface area (Å²) >= 11 is 0. The number of nitrogens with one attached hydrogen (secondary N) is 2. The number of aromatic nitrogens is 3. The van der Waals surface area contributed by atoms with Crippen LogP contribution in [0.4, 0.5) is 0 Å². The first-order valence-corrected chi connectivity index (χ1v) is 6.46. The topological polar surface area (TPSA) is 79.9 Å². The predicted octanol–water partition coefficient (Wildman–Crippen LogP) is 1.90. The molecule has 0 saturated carbocycles. The van der Waals surface area contributed by atoms with E-state index in [0.29, 0.717) is 12.1 Å². The van der Waals surface area contributed by atoms with Gasteiger partial charge in [0.15, 0.2) is 0 Å². The number of hydrogen-bond acceptors (Lipinski definition) is 4. The minimum absolute atomic E-state index is 0.171. The van der Waals surface area contributed by atoms with Gasteiger partial charge in [-0.25, -0.2) is 0 Å². The largest absolute Gasteiger partial charge is 0.497 e. The van der Waals surface area contributed by atoms with Crippen molar-refractivity contribution >= 4 is 16.8 Å². The molecular weight excluding hydrogens is 268 g/mol. The van der Waals surface area contributed by atoms with E-state index in [1.54, 1.807) is 19.5 Å². The summed E-state index contributed by atoms with van der Waals surface area (Å²) in [6.45, 7) is 0.402. The van der Waals surface area contributed by atoms with Gasteiger partial charge >= 0.3 is 0 Å². The zero-order valence-corrected chi connectivity index (χ0v) is 11.5. The number of nitrogens with zero attached hydrogens (tertiary/aromatic N) is 2. The molecule has 0 aliphatic rings. The zero-order valence-electron chi connectivity index (χ0n) is 11.5. The normalized spacial score (nSPS) is 10.5. The van der Waals surface area contributed by atoms with Gasteiger partial charge in [-0.1, -0.05) is 0 Å². The molecule has 0 aliphatic carbocycles. The van der Waals surface area contributed by atoms with Gasteiger partial charge in [-0.3, -0.25) is 14.9 Å². The van der Waals surface area contributed by atoms with Crippen LogP contribution >= 0.6 is 0 Å². The number of benzene rings is 1. The Morgan fingerprint density at radius 1 is 1.33 bits per heavy atom. The monoisotopic (exact) mass is 282 g/mol. The van der Waals surface area contributed by atoms with Crippen LogP contribution in [0.2, 0.25) is 0 Å². The van der Waals surface area contributed by atoms with E-state index in [1.807, 2.05) is 30.3 Å². The minimum atomic E-state index is -0.171. The number of ether oxygens (including phenoxy) is 1. The molecule has 3 aromatic rings. The number of pyridine rings is 1. The molecule has 6 nitrogen and oxygen atoms in total. The van der Waals surface area contributed by atoms with Crippen LogP contribution in [0.15, 0.2) is 42.7 Å². The highest BCUT2D eigenvalue weighted by atomic mass is 16.5. The average Bonchev–Trinajstić information content (AvgIpc) is 3.05. The molecule has 1 aromatic carbocycles. The van der Waals surface area contributed by atoms with Crippen molar-refractivity contribution in [2.75, 3.05) is 7.11 Å². The van der Waals surface area contributed by atoms with E-state index in [1.165, 1.54) is 0 Å². The number of hydrogen-bond donors (Lipinski definition) is 2. The van der Waals surface area contributed by atoms with Gasteiger partial charge in [-0.2, -0.15) is 5.10 Å². The standard InChI is InChI=1S/C15H14N4O2/c1-21-13-3-2-10-6-11(8-16-14(10)7-13)15(20)17-9-12-4-5-18-19-12/h2-8H,9H2,1H3,(H,17,20)(H,18,19). The highest BCUT2D eigenvalue weighted by Crippen LogP contribution is 2.19. The lowest BCUT2D eigenvalue weighted by Gasteiger charge is -2.06.